The minimum Gasteiger partial charge on any atom is -0.289 e. The van der Waals surface area contributed by atoms with E-state index in [-0.39, 0.29) is 5.78 Å². The Morgan fingerprint density at radius 3 is 1.67 bits per heavy atom. The molecule has 0 atom stereocenters. The van der Waals surface area contributed by atoms with E-state index in [0.29, 0.717) is 5.57 Å². The number of allylic oxidation sites excluding steroid dienone is 1. The van der Waals surface area contributed by atoms with Crippen LogP contribution in [0.4, 0.5) is 0 Å². The van der Waals surface area contributed by atoms with Crippen molar-refractivity contribution in [1.29, 1.82) is 0 Å². The summed E-state index contributed by atoms with van der Waals surface area (Å²) in [5, 5.41) is 4.12. The largest absolute Gasteiger partial charge is 0.289 e. The first-order valence-electron chi connectivity index (χ1n) is 10.1. The number of carbonyl (C=O) groups is 1. The van der Waals surface area contributed by atoms with E-state index in [0.717, 1.165) is 38.2 Å². The van der Waals surface area contributed by atoms with Gasteiger partial charge in [0.2, 0.25) is 0 Å². The number of hydrogen-bond acceptors (Lipinski definition) is 1. The van der Waals surface area contributed by atoms with Gasteiger partial charge in [0.05, 0.1) is 0 Å². The molecule has 0 saturated carbocycles. The molecule has 0 fully saturated rings. The Kier molecular flexibility index (Phi) is 4.71. The summed E-state index contributed by atoms with van der Waals surface area (Å²) >= 11 is 0. The van der Waals surface area contributed by atoms with Gasteiger partial charge in [-0.15, -0.1) is 0 Å². The first-order chi connectivity index (χ1) is 14.8. The Balaban J connectivity index is 1.80. The first kappa shape index (κ1) is 18.1. The fraction of sp³-hybridized carbons (Fsp3) is 0. The van der Waals surface area contributed by atoms with Gasteiger partial charge in [-0.1, -0.05) is 109 Å². The molecule has 1 heteroatoms. The maximum absolute atomic E-state index is 14.1. The van der Waals surface area contributed by atoms with E-state index >= 15 is 0 Å². The van der Waals surface area contributed by atoms with Crippen molar-refractivity contribution in [1.82, 2.24) is 0 Å². The average molecular weight is 384 g/mol. The van der Waals surface area contributed by atoms with Gasteiger partial charge in [-0.2, -0.15) is 0 Å². The normalized spacial score (nSPS) is 11.7. The number of hydrogen-bond donors (Lipinski definition) is 0. The second-order valence-corrected chi connectivity index (χ2v) is 7.36. The second-order valence-electron chi connectivity index (χ2n) is 7.36. The third-order valence-corrected chi connectivity index (χ3v) is 5.44. The summed E-state index contributed by atoms with van der Waals surface area (Å²) in [6.45, 7) is 0. The molecule has 5 aromatic rings. The van der Waals surface area contributed by atoms with Gasteiger partial charge in [0.25, 0.3) is 0 Å². The molecule has 0 aliphatic rings. The molecule has 0 saturated heterocycles. The zero-order valence-corrected chi connectivity index (χ0v) is 16.5. The summed E-state index contributed by atoms with van der Waals surface area (Å²) in [7, 11) is 0. The molecule has 5 rings (SSSR count). The number of ketones is 1. The van der Waals surface area contributed by atoms with E-state index in [1.54, 1.807) is 0 Å². The van der Waals surface area contributed by atoms with Crippen molar-refractivity contribution in [3.8, 4) is 0 Å². The number of rotatable bonds is 4. The van der Waals surface area contributed by atoms with Crippen LogP contribution in [0.2, 0.25) is 0 Å². The molecule has 0 bridgehead atoms. The molecule has 1 nitrogen and oxygen atoms in total. The SMILES string of the molecule is O=C(C(=Cc1ccccc1)c1ccccc1)c1c2ccccc2cc2ccccc12. The molecule has 30 heavy (non-hydrogen) atoms. The number of carbonyl (C=O) groups excluding carboxylic acids is 1. The Hall–Kier alpha value is -3.97. The summed E-state index contributed by atoms with van der Waals surface area (Å²) in [6, 6.07) is 38.4. The topological polar surface area (TPSA) is 17.1 Å². The first-order valence-corrected chi connectivity index (χ1v) is 10.1. The average Bonchev–Trinajstić information content (AvgIpc) is 2.82. The fourth-order valence-electron chi connectivity index (χ4n) is 4.01. The molecule has 0 aliphatic carbocycles. The van der Waals surface area contributed by atoms with Crippen LogP contribution in [0, 0.1) is 0 Å². The maximum atomic E-state index is 14.1. The number of benzene rings is 5. The highest BCUT2D eigenvalue weighted by Gasteiger charge is 2.20. The smallest absolute Gasteiger partial charge is 0.194 e. The molecule has 0 aromatic heterocycles. The Morgan fingerprint density at radius 2 is 1.07 bits per heavy atom. The Labute approximate surface area is 175 Å². The van der Waals surface area contributed by atoms with E-state index in [1.807, 2.05) is 103 Å². The summed E-state index contributed by atoms with van der Waals surface area (Å²) in [5.74, 6) is 0.0399. The van der Waals surface area contributed by atoms with Gasteiger partial charge in [-0.3, -0.25) is 4.79 Å². The molecule has 0 spiro atoms. The fourth-order valence-corrected chi connectivity index (χ4v) is 4.01. The van der Waals surface area contributed by atoms with Crippen LogP contribution >= 0.6 is 0 Å². The van der Waals surface area contributed by atoms with E-state index < -0.39 is 0 Å². The van der Waals surface area contributed by atoms with Crippen LogP contribution in [0.5, 0.6) is 0 Å². The van der Waals surface area contributed by atoms with Gasteiger partial charge in [-0.05, 0) is 44.8 Å². The van der Waals surface area contributed by atoms with Crippen molar-refractivity contribution in [3.05, 3.63) is 132 Å². The quantitative estimate of drug-likeness (QED) is 0.136. The predicted octanol–water partition coefficient (Wildman–Crippen LogP) is 7.42. The van der Waals surface area contributed by atoms with Crippen molar-refractivity contribution in [2.45, 2.75) is 0 Å². The lowest BCUT2D eigenvalue weighted by Crippen LogP contribution is -2.05. The van der Waals surface area contributed by atoms with Crippen LogP contribution in [0.1, 0.15) is 21.5 Å². The van der Waals surface area contributed by atoms with Gasteiger partial charge in [0, 0.05) is 11.1 Å². The summed E-state index contributed by atoms with van der Waals surface area (Å²) in [5.41, 5.74) is 3.38. The van der Waals surface area contributed by atoms with Gasteiger partial charge >= 0.3 is 0 Å². The lowest BCUT2D eigenvalue weighted by atomic mass is 9.88. The van der Waals surface area contributed by atoms with Crippen molar-refractivity contribution < 1.29 is 4.79 Å². The highest BCUT2D eigenvalue weighted by Crippen LogP contribution is 2.33. The van der Waals surface area contributed by atoms with Gasteiger partial charge in [0.1, 0.15) is 0 Å². The standard InChI is InChI=1S/C29H20O/c30-29(27(22-13-5-2-6-14-22)19-21-11-3-1-4-12-21)28-25-17-9-7-15-23(25)20-24-16-8-10-18-26(24)28/h1-20H. The Morgan fingerprint density at radius 1 is 0.567 bits per heavy atom. The summed E-state index contributed by atoms with van der Waals surface area (Å²) in [6.07, 6.45) is 1.99. The zero-order chi connectivity index (χ0) is 20.3. The maximum Gasteiger partial charge on any atom is 0.194 e. The van der Waals surface area contributed by atoms with Crippen molar-refractivity contribution in [2.75, 3.05) is 0 Å². The molecule has 0 unspecified atom stereocenters. The predicted molar refractivity (Wildman–Crippen MR) is 127 cm³/mol. The van der Waals surface area contributed by atoms with Crippen LogP contribution in [-0.2, 0) is 0 Å². The van der Waals surface area contributed by atoms with E-state index in [2.05, 4.69) is 18.2 Å². The monoisotopic (exact) mass is 384 g/mol. The molecular formula is C29H20O. The van der Waals surface area contributed by atoms with E-state index in [1.165, 1.54) is 0 Å². The molecule has 142 valence electrons. The number of fused-ring (bicyclic) bond motifs is 2. The minimum atomic E-state index is 0.0399. The number of Topliss-reactive ketones (excluding diaryl/α,β-unsaturated/α-hetero) is 1. The van der Waals surface area contributed by atoms with Crippen molar-refractivity contribution in [3.63, 3.8) is 0 Å². The Bertz CT molecular complexity index is 1330. The lowest BCUT2D eigenvalue weighted by molar-refractivity contribution is 0.106. The van der Waals surface area contributed by atoms with E-state index in [4.69, 9.17) is 0 Å². The lowest BCUT2D eigenvalue weighted by Gasteiger charge is -2.14. The van der Waals surface area contributed by atoms with E-state index in [9.17, 15) is 4.79 Å². The zero-order valence-electron chi connectivity index (χ0n) is 16.5. The van der Waals surface area contributed by atoms with Crippen LogP contribution in [0.3, 0.4) is 0 Å². The molecule has 0 aliphatic heterocycles. The second kappa shape index (κ2) is 7.81. The summed E-state index contributed by atoms with van der Waals surface area (Å²) < 4.78 is 0. The molecule has 5 aromatic carbocycles. The molecular weight excluding hydrogens is 364 g/mol. The third-order valence-electron chi connectivity index (χ3n) is 5.44. The highest BCUT2D eigenvalue weighted by atomic mass is 16.1. The van der Waals surface area contributed by atoms with Crippen LogP contribution in [0.25, 0.3) is 33.2 Å². The molecule has 0 N–H and O–H groups in total. The molecule has 0 amide bonds. The highest BCUT2D eigenvalue weighted by molar-refractivity contribution is 6.38. The third kappa shape index (κ3) is 3.31. The van der Waals surface area contributed by atoms with Gasteiger partial charge in [0.15, 0.2) is 5.78 Å². The molecule has 0 radical (unpaired) electrons. The van der Waals surface area contributed by atoms with Gasteiger partial charge in [-0.25, -0.2) is 0 Å². The minimum absolute atomic E-state index is 0.0399. The van der Waals surface area contributed by atoms with Crippen LogP contribution in [0.15, 0.2) is 115 Å². The van der Waals surface area contributed by atoms with Crippen molar-refractivity contribution in [2.24, 2.45) is 0 Å². The summed E-state index contributed by atoms with van der Waals surface area (Å²) in [4.78, 5) is 14.1. The van der Waals surface area contributed by atoms with Gasteiger partial charge < -0.3 is 0 Å². The molecule has 0 heterocycles. The van der Waals surface area contributed by atoms with Crippen molar-refractivity contribution >= 4 is 39.0 Å². The van der Waals surface area contributed by atoms with Crippen LogP contribution < -0.4 is 0 Å². The van der Waals surface area contributed by atoms with Crippen LogP contribution in [-0.4, -0.2) is 5.78 Å².